The van der Waals surface area contributed by atoms with Crippen LogP contribution in [-0.4, -0.2) is 4.98 Å². The van der Waals surface area contributed by atoms with Gasteiger partial charge < -0.3 is 5.32 Å². The number of nitrogens with zero attached hydrogens (tertiary/aromatic N) is 1. The lowest BCUT2D eigenvalue weighted by Crippen LogP contribution is -2.24. The van der Waals surface area contributed by atoms with Crippen molar-refractivity contribution in [1.82, 2.24) is 10.3 Å². The smallest absolute Gasteiger partial charge is 0.0440 e. The molecule has 0 saturated heterocycles. The lowest BCUT2D eigenvalue weighted by atomic mass is 10.0. The van der Waals surface area contributed by atoms with Gasteiger partial charge in [0.1, 0.15) is 0 Å². The highest BCUT2D eigenvalue weighted by Gasteiger charge is 2.16. The van der Waals surface area contributed by atoms with Crippen LogP contribution >= 0.6 is 11.3 Å². The van der Waals surface area contributed by atoms with Gasteiger partial charge in [0.2, 0.25) is 0 Å². The van der Waals surface area contributed by atoms with E-state index in [4.69, 9.17) is 0 Å². The minimum Gasteiger partial charge on any atom is -0.305 e. The van der Waals surface area contributed by atoms with Crippen LogP contribution in [-0.2, 0) is 6.54 Å². The van der Waals surface area contributed by atoms with Crippen LogP contribution in [0.15, 0.2) is 54.2 Å². The zero-order chi connectivity index (χ0) is 14.7. The minimum atomic E-state index is 0.393. The summed E-state index contributed by atoms with van der Waals surface area (Å²) in [6, 6.07) is 13.2. The summed E-state index contributed by atoms with van der Waals surface area (Å²) in [5.74, 6) is 0.562. The second kappa shape index (κ2) is 6.37. The molecule has 1 atom stereocenters. The van der Waals surface area contributed by atoms with Gasteiger partial charge in [-0.15, -0.1) is 11.3 Å². The van der Waals surface area contributed by atoms with Crippen LogP contribution in [0.3, 0.4) is 0 Å². The molecule has 3 heteroatoms. The molecule has 0 aliphatic rings. The third-order valence-corrected chi connectivity index (χ3v) is 4.73. The van der Waals surface area contributed by atoms with Crippen molar-refractivity contribution in [3.8, 4) is 0 Å². The number of pyridine rings is 1. The highest BCUT2D eigenvalue weighted by molar-refractivity contribution is 7.10. The molecule has 1 unspecified atom stereocenters. The summed E-state index contributed by atoms with van der Waals surface area (Å²) in [6.45, 7) is 5.37. The number of hydrogen-bond acceptors (Lipinski definition) is 3. The number of hydrogen-bond donors (Lipinski definition) is 1. The fourth-order valence-electron chi connectivity index (χ4n) is 2.67. The van der Waals surface area contributed by atoms with E-state index >= 15 is 0 Å². The fourth-order valence-corrected chi connectivity index (χ4v) is 3.65. The van der Waals surface area contributed by atoms with Gasteiger partial charge in [0.05, 0.1) is 0 Å². The first-order chi connectivity index (χ1) is 10.3. The summed E-state index contributed by atoms with van der Waals surface area (Å²) in [5, 5.41) is 8.33. The lowest BCUT2D eigenvalue weighted by molar-refractivity contribution is 0.417. The van der Waals surface area contributed by atoms with E-state index in [1.165, 1.54) is 21.2 Å². The van der Waals surface area contributed by atoms with Gasteiger partial charge in [-0.2, -0.15) is 0 Å². The van der Waals surface area contributed by atoms with Crippen molar-refractivity contribution in [3.63, 3.8) is 0 Å². The normalized spacial score (nSPS) is 12.9. The van der Waals surface area contributed by atoms with Gasteiger partial charge in [-0.25, -0.2) is 0 Å². The van der Waals surface area contributed by atoms with E-state index in [0.717, 1.165) is 6.54 Å². The number of fused-ring (bicyclic) bond motifs is 1. The van der Waals surface area contributed by atoms with E-state index in [2.05, 4.69) is 65.9 Å². The lowest BCUT2D eigenvalue weighted by Gasteiger charge is -2.21. The summed E-state index contributed by atoms with van der Waals surface area (Å²) >= 11 is 1.82. The van der Waals surface area contributed by atoms with Crippen LogP contribution in [0.4, 0.5) is 0 Å². The maximum atomic E-state index is 4.36. The minimum absolute atomic E-state index is 0.393. The topological polar surface area (TPSA) is 24.9 Å². The highest BCUT2D eigenvalue weighted by atomic mass is 32.1. The number of nitrogens with one attached hydrogen (secondary N) is 1. The number of rotatable bonds is 5. The average Bonchev–Trinajstić information content (AvgIpc) is 3.01. The molecule has 3 aromatic rings. The van der Waals surface area contributed by atoms with Crippen molar-refractivity contribution >= 4 is 22.1 Å². The van der Waals surface area contributed by atoms with Crippen molar-refractivity contribution in [1.29, 1.82) is 0 Å². The second-order valence-corrected chi connectivity index (χ2v) is 6.62. The quantitative estimate of drug-likeness (QED) is 0.732. The predicted octanol–water partition coefficient (Wildman–Crippen LogP) is 4.78. The molecule has 0 amide bonds. The van der Waals surface area contributed by atoms with E-state index in [-0.39, 0.29) is 0 Å². The molecule has 0 spiro atoms. The Labute approximate surface area is 129 Å². The third-order valence-electron chi connectivity index (χ3n) is 3.78. The molecule has 21 heavy (non-hydrogen) atoms. The van der Waals surface area contributed by atoms with Crippen molar-refractivity contribution in [2.45, 2.75) is 26.4 Å². The SMILES string of the molecule is CC(C)C(NCc1cncc2ccccc12)c1cccs1. The maximum absolute atomic E-state index is 4.36. The Kier molecular flexibility index (Phi) is 4.32. The van der Waals surface area contributed by atoms with Gasteiger partial charge in [-0.05, 0) is 28.3 Å². The fraction of sp³-hybridized carbons (Fsp3) is 0.278. The van der Waals surface area contributed by atoms with Gasteiger partial charge in [-0.1, -0.05) is 44.2 Å². The van der Waals surface area contributed by atoms with Gasteiger partial charge in [0, 0.05) is 35.2 Å². The predicted molar refractivity (Wildman–Crippen MR) is 90.5 cm³/mol. The zero-order valence-corrected chi connectivity index (χ0v) is 13.2. The van der Waals surface area contributed by atoms with E-state index in [9.17, 15) is 0 Å². The molecule has 0 radical (unpaired) electrons. The average molecular weight is 296 g/mol. The summed E-state index contributed by atoms with van der Waals surface area (Å²) in [6.07, 6.45) is 3.90. The molecule has 1 aromatic carbocycles. The second-order valence-electron chi connectivity index (χ2n) is 5.64. The highest BCUT2D eigenvalue weighted by Crippen LogP contribution is 2.26. The standard InChI is InChI=1S/C18H20N2S/c1-13(2)18(17-8-5-9-21-17)20-12-15-11-19-10-14-6-3-4-7-16(14)15/h3-11,13,18,20H,12H2,1-2H3. The Morgan fingerprint density at radius 2 is 1.95 bits per heavy atom. The Morgan fingerprint density at radius 1 is 1.10 bits per heavy atom. The molecular weight excluding hydrogens is 276 g/mol. The molecule has 0 aliphatic heterocycles. The van der Waals surface area contributed by atoms with Crippen LogP contribution in [0.2, 0.25) is 0 Å². The van der Waals surface area contributed by atoms with E-state index in [1.54, 1.807) is 0 Å². The van der Waals surface area contributed by atoms with E-state index in [0.29, 0.717) is 12.0 Å². The Bertz CT molecular complexity index is 699. The Morgan fingerprint density at radius 3 is 2.71 bits per heavy atom. The van der Waals surface area contributed by atoms with Crippen molar-refractivity contribution in [3.05, 3.63) is 64.6 Å². The molecule has 3 rings (SSSR count). The zero-order valence-electron chi connectivity index (χ0n) is 12.4. The molecule has 0 bridgehead atoms. The summed E-state index contributed by atoms with van der Waals surface area (Å²) in [4.78, 5) is 5.76. The van der Waals surface area contributed by atoms with E-state index < -0.39 is 0 Å². The molecule has 0 saturated carbocycles. The molecule has 2 aromatic heterocycles. The first-order valence-electron chi connectivity index (χ1n) is 7.34. The van der Waals surface area contributed by atoms with E-state index in [1.807, 2.05) is 23.7 Å². The maximum Gasteiger partial charge on any atom is 0.0440 e. The van der Waals surface area contributed by atoms with Gasteiger partial charge >= 0.3 is 0 Å². The first-order valence-corrected chi connectivity index (χ1v) is 8.22. The molecule has 0 aliphatic carbocycles. The van der Waals surface area contributed by atoms with Crippen molar-refractivity contribution in [2.24, 2.45) is 5.92 Å². The van der Waals surface area contributed by atoms with Gasteiger partial charge in [-0.3, -0.25) is 4.98 Å². The third kappa shape index (κ3) is 3.14. The largest absolute Gasteiger partial charge is 0.305 e. The van der Waals surface area contributed by atoms with Crippen molar-refractivity contribution < 1.29 is 0 Å². The summed E-state index contributed by atoms with van der Waals surface area (Å²) in [5.41, 5.74) is 1.26. The monoisotopic (exact) mass is 296 g/mol. The Balaban J connectivity index is 1.82. The van der Waals surface area contributed by atoms with Gasteiger partial charge in [0.25, 0.3) is 0 Å². The van der Waals surface area contributed by atoms with Crippen LogP contribution in [0, 0.1) is 5.92 Å². The molecule has 2 nitrogen and oxygen atoms in total. The van der Waals surface area contributed by atoms with Crippen LogP contribution < -0.4 is 5.32 Å². The van der Waals surface area contributed by atoms with Crippen LogP contribution in [0.1, 0.15) is 30.3 Å². The molecule has 1 N–H and O–H groups in total. The summed E-state index contributed by atoms with van der Waals surface area (Å²) in [7, 11) is 0. The van der Waals surface area contributed by atoms with Crippen LogP contribution in [0.5, 0.6) is 0 Å². The molecule has 0 fully saturated rings. The number of benzene rings is 1. The van der Waals surface area contributed by atoms with Crippen molar-refractivity contribution in [2.75, 3.05) is 0 Å². The summed E-state index contributed by atoms with van der Waals surface area (Å²) < 4.78 is 0. The van der Waals surface area contributed by atoms with Gasteiger partial charge in [0.15, 0.2) is 0 Å². The van der Waals surface area contributed by atoms with Crippen LogP contribution in [0.25, 0.3) is 10.8 Å². The number of thiophene rings is 1. The molecule has 2 heterocycles. The first kappa shape index (κ1) is 14.2. The molecular formula is C18H20N2S. The Hall–Kier alpha value is -1.71. The number of aromatic nitrogens is 1. The molecule has 108 valence electrons.